The zero-order chi connectivity index (χ0) is 25.2. The highest BCUT2D eigenvalue weighted by molar-refractivity contribution is 5.96. The Hall–Kier alpha value is -4.73. The summed E-state index contributed by atoms with van der Waals surface area (Å²) in [6, 6.07) is 13.8. The number of rotatable bonds is 7. The summed E-state index contributed by atoms with van der Waals surface area (Å²) in [6.45, 7) is 1.21. The Morgan fingerprint density at radius 1 is 1.08 bits per heavy atom. The van der Waals surface area contributed by atoms with E-state index in [1.165, 1.54) is 18.3 Å². The number of halogens is 1. The first-order chi connectivity index (χ1) is 18.1. The van der Waals surface area contributed by atoms with Gasteiger partial charge < -0.3 is 24.4 Å². The van der Waals surface area contributed by atoms with Crippen molar-refractivity contribution in [3.05, 3.63) is 95.2 Å². The first-order valence-electron chi connectivity index (χ1n) is 11.8. The second-order valence-corrected chi connectivity index (χ2v) is 8.58. The smallest absolute Gasteiger partial charge is 0.258 e. The van der Waals surface area contributed by atoms with E-state index in [9.17, 15) is 9.18 Å². The van der Waals surface area contributed by atoms with E-state index in [1.807, 2.05) is 29.2 Å². The normalized spacial score (nSPS) is 13.4. The average Bonchev–Trinajstić information content (AvgIpc) is 3.57. The molecule has 1 amide bonds. The number of amides is 1. The third-order valence-corrected chi connectivity index (χ3v) is 6.15. The van der Waals surface area contributed by atoms with Crippen LogP contribution >= 0.6 is 0 Å². The van der Waals surface area contributed by atoms with Crippen molar-refractivity contribution in [3.63, 3.8) is 0 Å². The fraction of sp³-hybridized carbons (Fsp3) is 0.185. The number of carbonyl (C=O) groups is 1. The summed E-state index contributed by atoms with van der Waals surface area (Å²) >= 11 is 0. The predicted octanol–water partition coefficient (Wildman–Crippen LogP) is 3.94. The minimum atomic E-state index is -0.375. The first-order valence-corrected chi connectivity index (χ1v) is 11.8. The third kappa shape index (κ3) is 4.73. The number of carbonyl (C=O) groups excluding carboxylic acids is 1. The molecule has 37 heavy (non-hydrogen) atoms. The molecule has 2 aromatic heterocycles. The molecule has 0 saturated carbocycles. The highest BCUT2D eigenvalue weighted by Crippen LogP contribution is 2.35. The summed E-state index contributed by atoms with van der Waals surface area (Å²) in [5.41, 5.74) is 3.60. The number of benzene rings is 2. The van der Waals surface area contributed by atoms with Gasteiger partial charge in [-0.1, -0.05) is 12.1 Å². The number of pyridine rings is 1. The summed E-state index contributed by atoms with van der Waals surface area (Å²) in [7, 11) is 0. The Labute approximate surface area is 211 Å². The van der Waals surface area contributed by atoms with E-state index < -0.39 is 0 Å². The molecular weight excluding hydrogens is 477 g/mol. The molecule has 9 nitrogen and oxygen atoms in total. The maximum Gasteiger partial charge on any atom is 0.258 e. The topological polar surface area (TPSA) is 98.7 Å². The molecule has 1 N–H and O–H groups in total. The average molecular weight is 500 g/mol. The van der Waals surface area contributed by atoms with Crippen molar-refractivity contribution in [3.8, 4) is 17.4 Å². The van der Waals surface area contributed by atoms with Crippen molar-refractivity contribution in [1.82, 2.24) is 20.3 Å². The number of nitrogens with zero attached hydrogens (tertiary/aromatic N) is 4. The number of hydrogen-bond donors (Lipinski definition) is 1. The van der Waals surface area contributed by atoms with Gasteiger partial charge in [0.2, 0.25) is 18.6 Å². The van der Waals surface area contributed by atoms with Crippen molar-refractivity contribution in [2.24, 2.45) is 0 Å². The molecule has 0 unspecified atom stereocenters. The molecule has 0 saturated heterocycles. The maximum atomic E-state index is 13.7. The molecule has 0 fully saturated rings. The Balaban J connectivity index is 1.27. The Kier molecular flexibility index (Phi) is 5.97. The summed E-state index contributed by atoms with van der Waals surface area (Å²) < 4.78 is 30.6. The minimum Gasteiger partial charge on any atom is -0.472 e. The van der Waals surface area contributed by atoms with Gasteiger partial charge in [0.15, 0.2) is 11.5 Å². The van der Waals surface area contributed by atoms with Gasteiger partial charge in [0.05, 0.1) is 0 Å². The predicted molar refractivity (Wildman–Crippen MR) is 131 cm³/mol. The first kappa shape index (κ1) is 22.7. The van der Waals surface area contributed by atoms with E-state index >= 15 is 0 Å². The van der Waals surface area contributed by atoms with Gasteiger partial charge in [-0.3, -0.25) is 9.78 Å². The zero-order valence-corrected chi connectivity index (χ0v) is 19.7. The molecule has 0 aliphatic carbocycles. The number of hydrogen-bond acceptors (Lipinski definition) is 8. The SMILES string of the molecule is O=C(NCc1cccnc1)c1cnc(N2CCc3cc(F)ccc32)nc1OCc1ccc2c(c1)OCO2. The van der Waals surface area contributed by atoms with Crippen LogP contribution in [-0.2, 0) is 19.6 Å². The minimum absolute atomic E-state index is 0.141. The van der Waals surface area contributed by atoms with Gasteiger partial charge in [-0.25, -0.2) is 9.37 Å². The van der Waals surface area contributed by atoms with Crippen molar-refractivity contribution in [2.75, 3.05) is 18.2 Å². The monoisotopic (exact) mass is 499 g/mol. The lowest BCUT2D eigenvalue weighted by molar-refractivity contribution is 0.0945. The molecular formula is C27H22FN5O4. The fourth-order valence-corrected chi connectivity index (χ4v) is 4.29. The fourth-order valence-electron chi connectivity index (χ4n) is 4.29. The van der Waals surface area contributed by atoms with E-state index in [0.29, 0.717) is 37.0 Å². The molecule has 0 bridgehead atoms. The Bertz CT molecular complexity index is 1470. The van der Waals surface area contributed by atoms with E-state index in [0.717, 1.165) is 22.4 Å². The second-order valence-electron chi connectivity index (χ2n) is 8.58. The van der Waals surface area contributed by atoms with E-state index in [-0.39, 0.29) is 36.6 Å². The van der Waals surface area contributed by atoms with Crippen LogP contribution in [0.5, 0.6) is 17.4 Å². The van der Waals surface area contributed by atoms with Crippen molar-refractivity contribution in [1.29, 1.82) is 0 Å². The molecule has 0 spiro atoms. The van der Waals surface area contributed by atoms with Gasteiger partial charge in [0, 0.05) is 37.4 Å². The van der Waals surface area contributed by atoms with Crippen LogP contribution in [0.2, 0.25) is 0 Å². The van der Waals surface area contributed by atoms with Crippen molar-refractivity contribution >= 4 is 17.5 Å². The van der Waals surface area contributed by atoms with E-state index in [1.54, 1.807) is 24.5 Å². The molecule has 2 aliphatic heterocycles. The summed E-state index contributed by atoms with van der Waals surface area (Å²) in [5, 5.41) is 2.87. The third-order valence-electron chi connectivity index (χ3n) is 6.15. The summed E-state index contributed by atoms with van der Waals surface area (Å²) in [5.74, 6) is 1.17. The lowest BCUT2D eigenvalue weighted by Gasteiger charge is -2.19. The van der Waals surface area contributed by atoms with Gasteiger partial charge in [-0.2, -0.15) is 4.98 Å². The van der Waals surface area contributed by atoms with Crippen LogP contribution in [0.4, 0.5) is 16.0 Å². The van der Waals surface area contributed by atoms with Crippen LogP contribution in [0.3, 0.4) is 0 Å². The lowest BCUT2D eigenvalue weighted by atomic mass is 10.2. The lowest BCUT2D eigenvalue weighted by Crippen LogP contribution is -2.25. The number of nitrogens with one attached hydrogen (secondary N) is 1. The summed E-state index contributed by atoms with van der Waals surface area (Å²) in [4.78, 5) is 28.1. The van der Waals surface area contributed by atoms with Gasteiger partial charge in [-0.15, -0.1) is 0 Å². The maximum absolute atomic E-state index is 13.7. The van der Waals surface area contributed by atoms with Gasteiger partial charge in [-0.05, 0) is 59.5 Å². The molecule has 2 aliphatic rings. The van der Waals surface area contributed by atoms with Gasteiger partial charge in [0.1, 0.15) is 18.0 Å². The molecule has 6 rings (SSSR count). The van der Waals surface area contributed by atoms with Crippen LogP contribution in [0, 0.1) is 5.82 Å². The van der Waals surface area contributed by atoms with Gasteiger partial charge in [0.25, 0.3) is 5.91 Å². The van der Waals surface area contributed by atoms with Crippen LogP contribution in [0.25, 0.3) is 0 Å². The van der Waals surface area contributed by atoms with E-state index in [2.05, 4.69) is 20.3 Å². The molecule has 4 heterocycles. The van der Waals surface area contributed by atoms with Crippen LogP contribution in [0.1, 0.15) is 27.0 Å². The van der Waals surface area contributed by atoms with Crippen LogP contribution < -0.4 is 24.4 Å². The highest BCUT2D eigenvalue weighted by Gasteiger charge is 2.25. The standard InChI is InChI=1S/C27H22FN5O4/c28-20-4-5-22-19(11-20)7-9-33(22)27-31-14-21(25(34)30-13-18-2-1-8-29-12-18)26(32-27)35-15-17-3-6-23-24(10-17)37-16-36-23/h1-6,8,10-12,14H,7,9,13,15-16H2,(H,30,34). The van der Waals surface area contributed by atoms with Crippen LogP contribution in [0.15, 0.2) is 67.1 Å². The molecule has 4 aromatic rings. The zero-order valence-electron chi connectivity index (χ0n) is 19.7. The number of ether oxygens (including phenoxy) is 3. The quantitative estimate of drug-likeness (QED) is 0.408. The highest BCUT2D eigenvalue weighted by atomic mass is 19.1. The molecule has 0 radical (unpaired) electrons. The number of aromatic nitrogens is 3. The van der Waals surface area contributed by atoms with E-state index in [4.69, 9.17) is 14.2 Å². The molecule has 186 valence electrons. The Morgan fingerprint density at radius 3 is 2.89 bits per heavy atom. The second kappa shape index (κ2) is 9.73. The number of fused-ring (bicyclic) bond motifs is 2. The largest absolute Gasteiger partial charge is 0.472 e. The summed E-state index contributed by atoms with van der Waals surface area (Å²) in [6.07, 6.45) is 5.48. The number of anilines is 2. The molecule has 0 atom stereocenters. The van der Waals surface area contributed by atoms with Crippen LogP contribution in [-0.4, -0.2) is 34.2 Å². The van der Waals surface area contributed by atoms with Crippen molar-refractivity contribution < 1.29 is 23.4 Å². The van der Waals surface area contributed by atoms with Crippen molar-refractivity contribution in [2.45, 2.75) is 19.6 Å². The van der Waals surface area contributed by atoms with Gasteiger partial charge >= 0.3 is 0 Å². The molecule has 2 aromatic carbocycles. The molecule has 10 heteroatoms. The Morgan fingerprint density at radius 2 is 2.00 bits per heavy atom.